The summed E-state index contributed by atoms with van der Waals surface area (Å²) < 4.78 is 5.85. The fourth-order valence-corrected chi connectivity index (χ4v) is 3.41. The van der Waals surface area contributed by atoms with Gasteiger partial charge in [0.05, 0.1) is 0 Å². The van der Waals surface area contributed by atoms with Crippen LogP contribution < -0.4 is 10.6 Å². The van der Waals surface area contributed by atoms with Gasteiger partial charge in [0, 0.05) is 15.9 Å². The molecule has 2 rings (SSSR count). The van der Waals surface area contributed by atoms with E-state index in [0.717, 1.165) is 5.56 Å². The van der Waals surface area contributed by atoms with E-state index in [-0.39, 0.29) is 18.9 Å². The number of rotatable bonds is 9. The first-order chi connectivity index (χ1) is 14.7. The van der Waals surface area contributed by atoms with Crippen LogP contribution in [0.25, 0.3) is 0 Å². The average Bonchev–Trinajstić information content (AvgIpc) is 2.72. The summed E-state index contributed by atoms with van der Waals surface area (Å²) in [5, 5.41) is 15.1. The van der Waals surface area contributed by atoms with Gasteiger partial charge in [-0.05, 0) is 35.2 Å². The topological polar surface area (TPSA) is 105 Å². The van der Waals surface area contributed by atoms with Crippen LogP contribution in [0.3, 0.4) is 0 Å². The van der Waals surface area contributed by atoms with Crippen LogP contribution in [0.2, 0.25) is 5.02 Å². The number of amides is 2. The van der Waals surface area contributed by atoms with E-state index in [1.807, 2.05) is 30.3 Å². The quantitative estimate of drug-likeness (QED) is 0.469. The Morgan fingerprint density at radius 1 is 1.10 bits per heavy atom. The molecule has 3 N–H and O–H groups in total. The predicted molar refractivity (Wildman–Crippen MR) is 121 cm³/mol. The molecule has 0 spiro atoms. The molecule has 0 bridgehead atoms. The van der Waals surface area contributed by atoms with Gasteiger partial charge in [-0.1, -0.05) is 71.7 Å². The van der Waals surface area contributed by atoms with E-state index in [2.05, 4.69) is 26.6 Å². The van der Waals surface area contributed by atoms with Crippen molar-refractivity contribution < 1.29 is 24.2 Å². The zero-order valence-electron chi connectivity index (χ0n) is 17.1. The Hall–Kier alpha value is -2.58. The molecule has 0 unspecified atom stereocenters. The molecule has 0 fully saturated rings. The van der Waals surface area contributed by atoms with Crippen LogP contribution in [-0.2, 0) is 27.4 Å². The molecule has 0 aliphatic heterocycles. The highest BCUT2D eigenvalue weighted by Crippen LogP contribution is 2.22. The van der Waals surface area contributed by atoms with Gasteiger partial charge in [-0.3, -0.25) is 4.79 Å². The van der Waals surface area contributed by atoms with Crippen molar-refractivity contribution in [3.63, 3.8) is 0 Å². The minimum atomic E-state index is -1.20. The monoisotopic (exact) mass is 510 g/mol. The van der Waals surface area contributed by atoms with Crippen molar-refractivity contribution in [2.45, 2.75) is 39.0 Å². The highest BCUT2D eigenvalue weighted by molar-refractivity contribution is 9.10. The van der Waals surface area contributed by atoms with Crippen LogP contribution in [0.5, 0.6) is 0 Å². The standard InChI is InChI=1S/C22H24BrClN2O5/c1-13(2)19(26-22(30)31-12-14-6-4-3-5-7-14)20(27)25-18(21(28)29)11-15-10-16(24)8-9-17(15)23/h3-10,13,18-19H,11-12H2,1-2H3,(H,25,27)(H,26,30)(H,28,29)/t18-,19+/m0/s1. The summed E-state index contributed by atoms with van der Waals surface area (Å²) in [6.45, 7) is 3.54. The van der Waals surface area contributed by atoms with Gasteiger partial charge in [-0.25, -0.2) is 9.59 Å². The largest absolute Gasteiger partial charge is 0.480 e. The van der Waals surface area contributed by atoms with Gasteiger partial charge in [-0.2, -0.15) is 0 Å². The van der Waals surface area contributed by atoms with Crippen LogP contribution in [-0.4, -0.2) is 35.2 Å². The lowest BCUT2D eigenvalue weighted by atomic mass is 10.0. The zero-order chi connectivity index (χ0) is 23.0. The number of hydrogen-bond donors (Lipinski definition) is 3. The third-order valence-electron chi connectivity index (χ3n) is 4.48. The van der Waals surface area contributed by atoms with E-state index in [1.54, 1.807) is 32.0 Å². The first-order valence-electron chi connectivity index (χ1n) is 9.61. The van der Waals surface area contributed by atoms with E-state index in [9.17, 15) is 19.5 Å². The predicted octanol–water partition coefficient (Wildman–Crippen LogP) is 4.17. The van der Waals surface area contributed by atoms with Crippen LogP contribution in [0, 0.1) is 5.92 Å². The van der Waals surface area contributed by atoms with Crippen LogP contribution in [0.4, 0.5) is 4.79 Å². The number of benzene rings is 2. The second-order valence-electron chi connectivity index (χ2n) is 7.27. The van der Waals surface area contributed by atoms with E-state index < -0.39 is 30.1 Å². The minimum Gasteiger partial charge on any atom is -0.480 e. The Kier molecular flexibility index (Phi) is 9.33. The van der Waals surface area contributed by atoms with Crippen molar-refractivity contribution in [2.75, 3.05) is 0 Å². The molecule has 0 saturated heterocycles. The number of carboxylic acids is 1. The number of nitrogens with one attached hydrogen (secondary N) is 2. The third-order valence-corrected chi connectivity index (χ3v) is 5.49. The van der Waals surface area contributed by atoms with Gasteiger partial charge in [0.15, 0.2) is 0 Å². The van der Waals surface area contributed by atoms with Gasteiger partial charge in [0.1, 0.15) is 18.7 Å². The van der Waals surface area contributed by atoms with Gasteiger partial charge in [-0.15, -0.1) is 0 Å². The molecule has 0 radical (unpaired) electrons. The Bertz CT molecular complexity index is 923. The Balaban J connectivity index is 2.02. The van der Waals surface area contributed by atoms with Crippen LogP contribution >= 0.6 is 27.5 Å². The first-order valence-corrected chi connectivity index (χ1v) is 10.8. The summed E-state index contributed by atoms with van der Waals surface area (Å²) in [5.41, 5.74) is 1.44. The normalized spacial score (nSPS) is 12.7. The lowest BCUT2D eigenvalue weighted by Gasteiger charge is -2.24. The summed E-state index contributed by atoms with van der Waals surface area (Å²) in [4.78, 5) is 36.7. The molecule has 2 aromatic carbocycles. The summed E-state index contributed by atoms with van der Waals surface area (Å²) in [6.07, 6.45) is -0.743. The first kappa shape index (κ1) is 24.7. The summed E-state index contributed by atoms with van der Waals surface area (Å²) in [7, 11) is 0. The maximum absolute atomic E-state index is 12.8. The van der Waals surface area contributed by atoms with Gasteiger partial charge >= 0.3 is 12.1 Å². The van der Waals surface area contributed by atoms with Gasteiger partial charge < -0.3 is 20.5 Å². The van der Waals surface area contributed by atoms with Crippen LogP contribution in [0.15, 0.2) is 53.0 Å². The number of carbonyl (C=O) groups is 3. The van der Waals surface area contributed by atoms with Crippen molar-refractivity contribution >= 4 is 45.5 Å². The van der Waals surface area contributed by atoms with E-state index in [4.69, 9.17) is 16.3 Å². The molecule has 0 aliphatic rings. The van der Waals surface area contributed by atoms with E-state index in [1.165, 1.54) is 0 Å². The highest BCUT2D eigenvalue weighted by Gasteiger charge is 2.29. The smallest absolute Gasteiger partial charge is 0.408 e. The number of carboxylic acid groups (broad SMARTS) is 1. The lowest BCUT2D eigenvalue weighted by Crippen LogP contribution is -2.54. The molecule has 0 heterocycles. The Labute approximate surface area is 194 Å². The summed E-state index contributed by atoms with van der Waals surface area (Å²) in [6, 6.07) is 12.0. The fourth-order valence-electron chi connectivity index (χ4n) is 2.81. The number of halogens is 2. The SMILES string of the molecule is CC(C)[C@@H](NC(=O)OCc1ccccc1)C(=O)N[C@@H](Cc1cc(Cl)ccc1Br)C(=O)O. The molecule has 2 atom stereocenters. The second-order valence-corrected chi connectivity index (χ2v) is 8.56. The molecule has 0 saturated carbocycles. The van der Waals surface area contributed by atoms with Crippen molar-refractivity contribution in [2.24, 2.45) is 5.92 Å². The molecule has 31 heavy (non-hydrogen) atoms. The molecule has 0 aromatic heterocycles. The molecule has 0 aliphatic carbocycles. The molecule has 166 valence electrons. The van der Waals surface area contributed by atoms with Crippen molar-refractivity contribution in [1.82, 2.24) is 10.6 Å². The summed E-state index contributed by atoms with van der Waals surface area (Å²) in [5.74, 6) is -2.11. The number of aliphatic carboxylic acids is 1. The lowest BCUT2D eigenvalue weighted by molar-refractivity contribution is -0.142. The number of ether oxygens (including phenoxy) is 1. The maximum atomic E-state index is 12.8. The summed E-state index contributed by atoms with van der Waals surface area (Å²) >= 11 is 9.35. The van der Waals surface area contributed by atoms with Gasteiger partial charge in [0.25, 0.3) is 0 Å². The minimum absolute atomic E-state index is 0.0193. The molecule has 7 nitrogen and oxygen atoms in total. The Morgan fingerprint density at radius 3 is 2.39 bits per heavy atom. The van der Waals surface area contributed by atoms with Crippen molar-refractivity contribution in [1.29, 1.82) is 0 Å². The average molecular weight is 512 g/mol. The van der Waals surface area contributed by atoms with Crippen molar-refractivity contribution in [3.8, 4) is 0 Å². The molecule has 2 amide bonds. The van der Waals surface area contributed by atoms with E-state index >= 15 is 0 Å². The fraction of sp³-hybridized carbons (Fsp3) is 0.318. The molecule has 2 aromatic rings. The maximum Gasteiger partial charge on any atom is 0.408 e. The molecular formula is C22H24BrClN2O5. The van der Waals surface area contributed by atoms with Crippen molar-refractivity contribution in [3.05, 3.63) is 69.2 Å². The highest BCUT2D eigenvalue weighted by atomic mass is 79.9. The Morgan fingerprint density at radius 2 is 1.77 bits per heavy atom. The number of carbonyl (C=O) groups excluding carboxylic acids is 2. The second kappa shape index (κ2) is 11.7. The van der Waals surface area contributed by atoms with Crippen LogP contribution in [0.1, 0.15) is 25.0 Å². The molecular weight excluding hydrogens is 488 g/mol. The third kappa shape index (κ3) is 7.88. The number of alkyl carbamates (subject to hydrolysis) is 1. The zero-order valence-corrected chi connectivity index (χ0v) is 19.4. The number of hydrogen-bond acceptors (Lipinski definition) is 4. The van der Waals surface area contributed by atoms with E-state index in [0.29, 0.717) is 15.1 Å². The van der Waals surface area contributed by atoms with Gasteiger partial charge in [0.2, 0.25) is 5.91 Å². The molecule has 9 heteroatoms.